The lowest BCUT2D eigenvalue weighted by Crippen LogP contribution is -2.31. The van der Waals surface area contributed by atoms with E-state index in [0.717, 1.165) is 26.6 Å². The van der Waals surface area contributed by atoms with Crippen molar-refractivity contribution >= 4 is 11.7 Å². The fourth-order valence-electron chi connectivity index (χ4n) is 2.52. The normalized spacial score (nSPS) is 19.0. The number of halogens is 2. The number of hydrogen-bond acceptors (Lipinski definition) is 4. The number of hydrogen-bond donors (Lipinski definition) is 1. The van der Waals surface area contributed by atoms with Gasteiger partial charge < -0.3 is 10.1 Å². The van der Waals surface area contributed by atoms with Crippen LogP contribution in [0.4, 0.5) is 14.5 Å². The molecule has 0 aromatic heterocycles. The summed E-state index contributed by atoms with van der Waals surface area (Å²) in [6.07, 6.45) is 0.878. The van der Waals surface area contributed by atoms with E-state index in [2.05, 4.69) is 28.8 Å². The first kappa shape index (κ1) is 15.7. The second kappa shape index (κ2) is 6.39. The van der Waals surface area contributed by atoms with Crippen LogP contribution in [-0.4, -0.2) is 43.2 Å². The molecule has 1 aliphatic heterocycles. The van der Waals surface area contributed by atoms with Crippen molar-refractivity contribution in [3.05, 3.63) is 29.3 Å². The number of benzene rings is 1. The van der Waals surface area contributed by atoms with Gasteiger partial charge in [-0.05, 0) is 26.3 Å². The highest BCUT2D eigenvalue weighted by Crippen LogP contribution is 2.23. The minimum Gasteiger partial charge on any atom is -0.465 e. The summed E-state index contributed by atoms with van der Waals surface area (Å²) in [4.78, 5) is 13.7. The van der Waals surface area contributed by atoms with Crippen LogP contribution in [0.5, 0.6) is 0 Å². The molecule has 1 aromatic carbocycles. The Labute approximate surface area is 123 Å². The average molecular weight is 298 g/mol. The number of carbonyl (C=O) groups is 1. The largest absolute Gasteiger partial charge is 0.465 e. The highest BCUT2D eigenvalue weighted by Gasteiger charge is 2.25. The molecule has 116 valence electrons. The van der Waals surface area contributed by atoms with Gasteiger partial charge in [-0.1, -0.05) is 0 Å². The number of ether oxygens (including phenoxy) is 1. The second-order valence-electron chi connectivity index (χ2n) is 5.52. The van der Waals surface area contributed by atoms with Crippen LogP contribution in [-0.2, 0) is 4.74 Å². The minimum atomic E-state index is -0.917. The molecule has 6 heteroatoms. The van der Waals surface area contributed by atoms with E-state index in [1.54, 1.807) is 0 Å². The van der Waals surface area contributed by atoms with Gasteiger partial charge in [0, 0.05) is 31.2 Å². The van der Waals surface area contributed by atoms with Crippen molar-refractivity contribution in [3.63, 3.8) is 0 Å². The molecule has 0 spiro atoms. The maximum atomic E-state index is 13.8. The van der Waals surface area contributed by atoms with Gasteiger partial charge in [0.15, 0.2) is 0 Å². The summed E-state index contributed by atoms with van der Waals surface area (Å²) in [6.45, 7) is 5.94. The molecule has 0 bridgehead atoms. The Kier molecular flexibility index (Phi) is 4.77. The molecule has 1 aromatic rings. The summed E-state index contributed by atoms with van der Waals surface area (Å²) in [6, 6.07) is 2.40. The fraction of sp³-hybridized carbons (Fsp3) is 0.533. The molecule has 1 aliphatic rings. The summed E-state index contributed by atoms with van der Waals surface area (Å²) in [5, 5.41) is 3.05. The SMILES string of the molecule is COC(=O)c1cc(NC2CCN(C(C)C)C2)c(F)cc1F. The molecule has 1 heterocycles. The van der Waals surface area contributed by atoms with Crippen molar-refractivity contribution in [1.29, 1.82) is 0 Å². The van der Waals surface area contributed by atoms with E-state index in [1.807, 2.05) is 0 Å². The molecular formula is C15H20F2N2O2. The smallest absolute Gasteiger partial charge is 0.340 e. The third kappa shape index (κ3) is 3.50. The van der Waals surface area contributed by atoms with E-state index in [4.69, 9.17) is 0 Å². The van der Waals surface area contributed by atoms with E-state index in [-0.39, 0.29) is 17.3 Å². The Morgan fingerprint density at radius 2 is 2.10 bits per heavy atom. The number of nitrogens with one attached hydrogen (secondary N) is 1. The zero-order valence-electron chi connectivity index (χ0n) is 12.5. The van der Waals surface area contributed by atoms with Crippen molar-refractivity contribution in [2.45, 2.75) is 32.4 Å². The van der Waals surface area contributed by atoms with Crippen molar-refractivity contribution in [2.24, 2.45) is 0 Å². The van der Waals surface area contributed by atoms with Crippen LogP contribution in [0.3, 0.4) is 0 Å². The molecule has 2 rings (SSSR count). The van der Waals surface area contributed by atoms with Crippen LogP contribution in [0.15, 0.2) is 12.1 Å². The number of esters is 1. The monoisotopic (exact) mass is 298 g/mol. The van der Waals surface area contributed by atoms with Gasteiger partial charge in [0.2, 0.25) is 0 Å². The van der Waals surface area contributed by atoms with Crippen LogP contribution in [0, 0.1) is 11.6 Å². The molecule has 0 amide bonds. The minimum absolute atomic E-state index is 0.0814. The van der Waals surface area contributed by atoms with Crippen LogP contribution < -0.4 is 5.32 Å². The average Bonchev–Trinajstić information content (AvgIpc) is 2.89. The molecule has 4 nitrogen and oxygen atoms in total. The Morgan fingerprint density at radius 3 is 2.67 bits per heavy atom. The molecule has 0 radical (unpaired) electrons. The predicted molar refractivity (Wildman–Crippen MR) is 76.4 cm³/mol. The van der Waals surface area contributed by atoms with E-state index in [9.17, 15) is 13.6 Å². The van der Waals surface area contributed by atoms with Crippen LogP contribution >= 0.6 is 0 Å². The number of methoxy groups -OCH3 is 1. The third-order valence-corrected chi connectivity index (χ3v) is 3.77. The Balaban J connectivity index is 2.15. The van der Waals surface area contributed by atoms with Crippen LogP contribution in [0.25, 0.3) is 0 Å². The van der Waals surface area contributed by atoms with Gasteiger partial charge in [-0.15, -0.1) is 0 Å². The van der Waals surface area contributed by atoms with Crippen molar-refractivity contribution in [2.75, 3.05) is 25.5 Å². The fourth-order valence-corrected chi connectivity index (χ4v) is 2.52. The highest BCUT2D eigenvalue weighted by molar-refractivity contribution is 5.90. The lowest BCUT2D eigenvalue weighted by molar-refractivity contribution is 0.0595. The Hall–Kier alpha value is -1.69. The Bertz CT molecular complexity index is 535. The van der Waals surface area contributed by atoms with Crippen molar-refractivity contribution < 1.29 is 18.3 Å². The summed E-state index contributed by atoms with van der Waals surface area (Å²) >= 11 is 0. The molecule has 1 saturated heterocycles. The molecule has 21 heavy (non-hydrogen) atoms. The second-order valence-corrected chi connectivity index (χ2v) is 5.52. The summed E-state index contributed by atoms with van der Waals surface area (Å²) in [7, 11) is 1.16. The number of nitrogens with zero attached hydrogens (tertiary/aromatic N) is 1. The van der Waals surface area contributed by atoms with Gasteiger partial charge in [-0.3, -0.25) is 4.90 Å². The van der Waals surface area contributed by atoms with Gasteiger partial charge in [0.1, 0.15) is 11.6 Å². The summed E-state index contributed by atoms with van der Waals surface area (Å²) in [5.41, 5.74) is -0.132. The first-order chi connectivity index (χ1) is 9.92. The van der Waals surface area contributed by atoms with E-state index >= 15 is 0 Å². The highest BCUT2D eigenvalue weighted by atomic mass is 19.1. The standard InChI is InChI=1S/C15H20F2N2O2/c1-9(2)19-5-4-10(8-19)18-14-6-11(15(20)21-3)12(16)7-13(14)17/h6-7,9-10,18H,4-5,8H2,1-3H3. The van der Waals surface area contributed by atoms with Gasteiger partial charge in [-0.2, -0.15) is 0 Å². The lowest BCUT2D eigenvalue weighted by Gasteiger charge is -2.21. The van der Waals surface area contributed by atoms with Gasteiger partial charge in [-0.25, -0.2) is 13.6 Å². The molecule has 1 fully saturated rings. The van der Waals surface area contributed by atoms with E-state index < -0.39 is 17.6 Å². The first-order valence-corrected chi connectivity index (χ1v) is 7.00. The third-order valence-electron chi connectivity index (χ3n) is 3.77. The zero-order valence-corrected chi connectivity index (χ0v) is 12.5. The van der Waals surface area contributed by atoms with Crippen molar-refractivity contribution in [3.8, 4) is 0 Å². The van der Waals surface area contributed by atoms with Crippen LogP contribution in [0.2, 0.25) is 0 Å². The summed E-state index contributed by atoms with van der Waals surface area (Å²) < 4.78 is 31.9. The number of rotatable bonds is 4. The number of anilines is 1. The van der Waals surface area contributed by atoms with Gasteiger partial charge >= 0.3 is 5.97 Å². The van der Waals surface area contributed by atoms with Crippen molar-refractivity contribution in [1.82, 2.24) is 4.90 Å². The number of likely N-dealkylation sites (tertiary alicyclic amines) is 1. The quantitative estimate of drug-likeness (QED) is 0.868. The Morgan fingerprint density at radius 1 is 1.38 bits per heavy atom. The van der Waals surface area contributed by atoms with E-state index in [0.29, 0.717) is 12.1 Å². The molecular weight excluding hydrogens is 278 g/mol. The molecule has 1 N–H and O–H groups in total. The molecule has 1 unspecified atom stereocenters. The number of carbonyl (C=O) groups excluding carboxylic acids is 1. The topological polar surface area (TPSA) is 41.6 Å². The predicted octanol–water partition coefficient (Wildman–Crippen LogP) is 2.65. The van der Waals surface area contributed by atoms with Crippen LogP contribution in [0.1, 0.15) is 30.6 Å². The zero-order chi connectivity index (χ0) is 15.6. The van der Waals surface area contributed by atoms with Gasteiger partial charge in [0.25, 0.3) is 0 Å². The lowest BCUT2D eigenvalue weighted by atomic mass is 10.1. The molecule has 0 aliphatic carbocycles. The first-order valence-electron chi connectivity index (χ1n) is 7.00. The molecule has 1 atom stereocenters. The molecule has 0 saturated carbocycles. The van der Waals surface area contributed by atoms with E-state index in [1.165, 1.54) is 6.07 Å². The van der Waals surface area contributed by atoms with Gasteiger partial charge in [0.05, 0.1) is 18.4 Å². The summed E-state index contributed by atoms with van der Waals surface area (Å²) in [5.74, 6) is -2.44. The maximum Gasteiger partial charge on any atom is 0.340 e. The maximum absolute atomic E-state index is 13.8.